The van der Waals surface area contributed by atoms with E-state index in [1.54, 1.807) is 6.92 Å². The zero-order valence-corrected chi connectivity index (χ0v) is 14.8. The summed E-state index contributed by atoms with van der Waals surface area (Å²) >= 11 is 6.44. The van der Waals surface area contributed by atoms with Crippen LogP contribution < -0.4 is 5.48 Å². The molecular formula is C14H18ClN5O6. The number of nitro groups is 1. The van der Waals surface area contributed by atoms with E-state index in [2.05, 4.69) is 15.4 Å². The molecule has 4 atom stereocenters. The van der Waals surface area contributed by atoms with Crippen LogP contribution in [0.25, 0.3) is 11.0 Å². The van der Waals surface area contributed by atoms with Gasteiger partial charge in [0.2, 0.25) is 0 Å². The summed E-state index contributed by atoms with van der Waals surface area (Å²) in [7, 11) is 0. The van der Waals surface area contributed by atoms with E-state index in [4.69, 9.17) is 21.2 Å². The highest BCUT2D eigenvalue weighted by atomic mass is 35.5. The summed E-state index contributed by atoms with van der Waals surface area (Å²) in [6.45, 7) is 3.13. The molecule has 1 aliphatic heterocycles. The molecule has 0 saturated carbocycles. The third-order valence-corrected chi connectivity index (χ3v) is 4.66. The fraction of sp³-hybridized carbons (Fsp3) is 0.571. The monoisotopic (exact) mass is 387 g/mol. The Balaban J connectivity index is 2.17. The number of hydrogen-bond donors (Lipinski definition) is 3. The lowest BCUT2D eigenvalue weighted by Gasteiger charge is -2.26. The van der Waals surface area contributed by atoms with Gasteiger partial charge in [0.25, 0.3) is 5.69 Å². The Morgan fingerprint density at radius 2 is 2.31 bits per heavy atom. The van der Waals surface area contributed by atoms with Crippen molar-refractivity contribution in [3.8, 4) is 0 Å². The Hall–Kier alpha value is -2.05. The number of nitrogens with one attached hydrogen (secondary N) is 1. The third-order valence-electron chi connectivity index (χ3n) is 4.25. The van der Waals surface area contributed by atoms with Crippen LogP contribution in [0.2, 0.25) is 0 Å². The fourth-order valence-electron chi connectivity index (χ4n) is 2.96. The quantitative estimate of drug-likeness (QED) is 0.374. The molecule has 142 valence electrons. The lowest BCUT2D eigenvalue weighted by Crippen LogP contribution is -2.39. The average molecular weight is 388 g/mol. The van der Waals surface area contributed by atoms with Crippen molar-refractivity contribution in [3.63, 3.8) is 0 Å². The zero-order chi connectivity index (χ0) is 19.1. The maximum absolute atomic E-state index is 11.5. The Morgan fingerprint density at radius 3 is 2.88 bits per heavy atom. The second-order valence-corrected chi connectivity index (χ2v) is 6.75. The van der Waals surface area contributed by atoms with Crippen molar-refractivity contribution >= 4 is 34.1 Å². The number of hydrogen-bond acceptors (Lipinski definition) is 9. The van der Waals surface area contributed by atoms with Gasteiger partial charge in [0.15, 0.2) is 17.7 Å². The molecule has 0 spiro atoms. The van der Waals surface area contributed by atoms with Crippen LogP contribution in [0.4, 0.5) is 11.5 Å². The number of fused-ring (bicyclic) bond motifs is 1. The first-order valence-electron chi connectivity index (χ1n) is 7.83. The normalized spacial score (nSPS) is 28.6. The van der Waals surface area contributed by atoms with Crippen molar-refractivity contribution < 1.29 is 24.7 Å². The highest BCUT2D eigenvalue weighted by molar-refractivity contribution is 6.24. The summed E-state index contributed by atoms with van der Waals surface area (Å²) in [4.78, 5) is 22.8. The molecule has 1 saturated heterocycles. The van der Waals surface area contributed by atoms with Gasteiger partial charge in [-0.1, -0.05) is 0 Å². The van der Waals surface area contributed by atoms with Crippen LogP contribution in [-0.4, -0.2) is 60.0 Å². The van der Waals surface area contributed by atoms with Gasteiger partial charge in [-0.05, 0) is 13.8 Å². The molecular weight excluding hydrogens is 370 g/mol. The van der Waals surface area contributed by atoms with E-state index in [1.165, 1.54) is 24.0 Å². The van der Waals surface area contributed by atoms with Crippen LogP contribution in [0, 0.1) is 10.1 Å². The molecule has 0 aromatic carbocycles. The molecule has 2 aromatic rings. The first-order chi connectivity index (χ1) is 12.3. The van der Waals surface area contributed by atoms with Crippen LogP contribution in [0.5, 0.6) is 0 Å². The molecule has 1 aliphatic rings. The van der Waals surface area contributed by atoms with Gasteiger partial charge in [-0.2, -0.15) is 0 Å². The van der Waals surface area contributed by atoms with Crippen molar-refractivity contribution in [3.05, 3.63) is 22.6 Å². The van der Waals surface area contributed by atoms with Gasteiger partial charge in [0, 0.05) is 0 Å². The molecule has 0 aliphatic carbocycles. The van der Waals surface area contributed by atoms with Crippen LogP contribution in [0.3, 0.4) is 0 Å². The molecule has 26 heavy (non-hydrogen) atoms. The molecule has 12 heteroatoms. The minimum Gasteiger partial charge on any atom is -0.394 e. The van der Waals surface area contributed by atoms with Gasteiger partial charge in [-0.15, -0.1) is 11.6 Å². The Labute approximate surface area is 152 Å². The zero-order valence-electron chi connectivity index (χ0n) is 14.0. The van der Waals surface area contributed by atoms with E-state index in [0.29, 0.717) is 6.61 Å². The lowest BCUT2D eigenvalue weighted by atomic mass is 10.0. The van der Waals surface area contributed by atoms with E-state index in [0.717, 1.165) is 0 Å². The summed E-state index contributed by atoms with van der Waals surface area (Å²) in [5.74, 6) is 0.121. The summed E-state index contributed by atoms with van der Waals surface area (Å²) in [5, 5.41) is 31.3. The molecule has 3 N–H and O–H groups in total. The van der Waals surface area contributed by atoms with E-state index in [-0.39, 0.29) is 22.5 Å². The molecule has 0 amide bonds. The van der Waals surface area contributed by atoms with Crippen LogP contribution in [0.15, 0.2) is 12.5 Å². The number of aliphatic hydroxyl groups excluding tert-OH is 2. The summed E-state index contributed by atoms with van der Waals surface area (Å²) in [6, 6.07) is 0. The smallest absolute Gasteiger partial charge is 0.300 e. The number of aliphatic hydroxyl groups is 2. The molecule has 0 radical (unpaired) electrons. The van der Waals surface area contributed by atoms with Gasteiger partial charge in [0.1, 0.15) is 28.8 Å². The van der Waals surface area contributed by atoms with Gasteiger partial charge in [-0.3, -0.25) is 19.5 Å². The number of anilines is 1. The van der Waals surface area contributed by atoms with Gasteiger partial charge in [-0.25, -0.2) is 15.4 Å². The third kappa shape index (κ3) is 2.87. The summed E-state index contributed by atoms with van der Waals surface area (Å²) in [6.07, 6.45) is -0.679. The summed E-state index contributed by atoms with van der Waals surface area (Å²) in [5.41, 5.74) is 2.45. The maximum Gasteiger partial charge on any atom is 0.300 e. The highest BCUT2D eigenvalue weighted by Gasteiger charge is 2.53. The number of ether oxygens (including phenoxy) is 1. The molecule has 1 fully saturated rings. The SMILES string of the molecule is CCONc1ncnc2c1c([N+](=O)[O-])cn2[C@@H]1O[C@H](CO)[C@@H](O)[C@@]1(C)Cl. The van der Waals surface area contributed by atoms with Crippen molar-refractivity contribution in [2.24, 2.45) is 0 Å². The maximum atomic E-state index is 11.5. The average Bonchev–Trinajstić information content (AvgIpc) is 3.09. The largest absolute Gasteiger partial charge is 0.394 e. The van der Waals surface area contributed by atoms with E-state index >= 15 is 0 Å². The van der Waals surface area contributed by atoms with Crippen molar-refractivity contribution in [2.75, 3.05) is 18.7 Å². The molecule has 11 nitrogen and oxygen atoms in total. The molecule has 3 rings (SSSR count). The topological polar surface area (TPSA) is 145 Å². The predicted molar refractivity (Wildman–Crippen MR) is 90.7 cm³/mol. The van der Waals surface area contributed by atoms with E-state index in [9.17, 15) is 20.3 Å². The van der Waals surface area contributed by atoms with Crippen molar-refractivity contribution in [1.82, 2.24) is 14.5 Å². The van der Waals surface area contributed by atoms with Crippen molar-refractivity contribution in [1.29, 1.82) is 0 Å². The first kappa shape index (κ1) is 18.7. The number of nitrogens with zero attached hydrogens (tertiary/aromatic N) is 4. The Morgan fingerprint density at radius 1 is 1.58 bits per heavy atom. The number of aromatic nitrogens is 3. The van der Waals surface area contributed by atoms with Gasteiger partial charge < -0.3 is 14.9 Å². The highest BCUT2D eigenvalue weighted by Crippen LogP contribution is 2.46. The van der Waals surface area contributed by atoms with E-state index in [1.807, 2.05) is 0 Å². The number of rotatable bonds is 6. The minimum absolute atomic E-state index is 0.115. The van der Waals surface area contributed by atoms with Gasteiger partial charge in [0.05, 0.1) is 24.3 Å². The molecule has 3 heterocycles. The predicted octanol–water partition coefficient (Wildman–Crippen LogP) is 0.951. The van der Waals surface area contributed by atoms with Crippen LogP contribution in [0.1, 0.15) is 20.1 Å². The number of alkyl halides is 1. The van der Waals surface area contributed by atoms with Gasteiger partial charge >= 0.3 is 0 Å². The summed E-state index contributed by atoms with van der Waals surface area (Å²) < 4.78 is 7.00. The second kappa shape index (κ2) is 6.93. The second-order valence-electron chi connectivity index (χ2n) is 5.94. The Bertz CT molecular complexity index is 828. The lowest BCUT2D eigenvalue weighted by molar-refractivity contribution is -0.383. The minimum atomic E-state index is -1.34. The molecule has 2 aromatic heterocycles. The standard InChI is InChI=1S/C14H18ClN5O6/c1-3-25-18-11-9-7(20(23)24)4-19(12(9)17-6-16-11)13-14(2,15)10(22)8(5-21)26-13/h4,6,8,10,13,21-22H,3,5H2,1-2H3,(H,16,17,18)/t8-,10-,13-,14-/m1/s1. The van der Waals surface area contributed by atoms with Crippen LogP contribution >= 0.6 is 11.6 Å². The molecule has 0 bridgehead atoms. The van der Waals surface area contributed by atoms with Crippen LogP contribution in [-0.2, 0) is 9.57 Å². The first-order valence-corrected chi connectivity index (χ1v) is 8.21. The number of halogens is 1. The van der Waals surface area contributed by atoms with Crippen molar-refractivity contribution in [2.45, 2.75) is 37.2 Å². The van der Waals surface area contributed by atoms with E-state index < -0.39 is 34.8 Å². The Kier molecular flexibility index (Phi) is 4.99. The molecule has 0 unspecified atom stereocenters. The fourth-order valence-corrected chi connectivity index (χ4v) is 3.26.